The van der Waals surface area contributed by atoms with Gasteiger partial charge in [-0.25, -0.2) is 0 Å². The van der Waals surface area contributed by atoms with E-state index in [0.717, 1.165) is 39.0 Å². The topological polar surface area (TPSA) is 16.4 Å². The zero-order valence-electron chi connectivity index (χ0n) is 32.0. The van der Waals surface area contributed by atoms with Crippen LogP contribution in [0.1, 0.15) is 0 Å². The zero-order valence-corrected chi connectivity index (χ0v) is 32.8. The van der Waals surface area contributed by atoms with Gasteiger partial charge >= 0.3 is 0 Å². The lowest BCUT2D eigenvalue weighted by Crippen LogP contribution is -2.10. The minimum absolute atomic E-state index is 0.883. The highest BCUT2D eigenvalue weighted by Gasteiger charge is 2.22. The minimum Gasteiger partial charge on any atom is -0.456 e. The average Bonchev–Trinajstić information content (AvgIpc) is 3.88. The molecule has 0 radical (unpaired) electrons. The van der Waals surface area contributed by atoms with Crippen LogP contribution in [-0.2, 0) is 0 Å². The normalized spacial score (nSPS) is 11.7. The molecule has 12 rings (SSSR count). The fourth-order valence-corrected chi connectivity index (χ4v) is 10.3. The Morgan fingerprint density at radius 3 is 1.80 bits per heavy atom. The monoisotopic (exact) mass is 769 g/mol. The second kappa shape index (κ2) is 13.6. The molecular formula is C56H35NOS. The maximum absolute atomic E-state index is 6.33. The maximum Gasteiger partial charge on any atom is 0.135 e. The smallest absolute Gasteiger partial charge is 0.135 e. The predicted octanol–water partition coefficient (Wildman–Crippen LogP) is 16.7. The van der Waals surface area contributed by atoms with Gasteiger partial charge in [0.05, 0.1) is 5.69 Å². The van der Waals surface area contributed by atoms with Crippen molar-refractivity contribution in [2.45, 2.75) is 0 Å². The van der Waals surface area contributed by atoms with Crippen molar-refractivity contribution < 1.29 is 4.42 Å². The van der Waals surface area contributed by atoms with E-state index >= 15 is 0 Å². The standard InChI is InChI=1S/C56H35NOS/c1-3-11-36(12-4-1)41-24-29-49-54(34-41)59-56-47(38-13-5-2-6-14-38)30-31-51(55(49)56)57(44-27-32-53-50(35-44)48-17-9-10-18-52(48)58-53)43-25-21-37(22-26-43)40-23-28-46-42(33-40)20-19-39-15-7-8-16-45(39)46/h1-35H. The summed E-state index contributed by atoms with van der Waals surface area (Å²) in [7, 11) is 0. The zero-order chi connectivity index (χ0) is 38.9. The summed E-state index contributed by atoms with van der Waals surface area (Å²) in [4.78, 5) is 2.44. The molecule has 276 valence electrons. The van der Waals surface area contributed by atoms with Gasteiger partial charge in [-0.1, -0.05) is 158 Å². The van der Waals surface area contributed by atoms with Gasteiger partial charge in [0.2, 0.25) is 0 Å². The van der Waals surface area contributed by atoms with Crippen molar-refractivity contribution in [2.75, 3.05) is 4.90 Å². The Morgan fingerprint density at radius 1 is 0.356 bits per heavy atom. The summed E-state index contributed by atoms with van der Waals surface area (Å²) in [6, 6.07) is 77.0. The molecule has 0 atom stereocenters. The maximum atomic E-state index is 6.33. The van der Waals surface area contributed by atoms with E-state index in [2.05, 4.69) is 205 Å². The van der Waals surface area contributed by atoms with Gasteiger partial charge in [-0.2, -0.15) is 0 Å². The molecule has 0 aliphatic heterocycles. The van der Waals surface area contributed by atoms with Gasteiger partial charge in [-0.15, -0.1) is 11.3 Å². The van der Waals surface area contributed by atoms with Crippen molar-refractivity contribution >= 4 is 92.1 Å². The van der Waals surface area contributed by atoms with Crippen LogP contribution in [0.3, 0.4) is 0 Å². The van der Waals surface area contributed by atoms with E-state index in [4.69, 9.17) is 4.42 Å². The lowest BCUT2D eigenvalue weighted by molar-refractivity contribution is 0.669. The molecule has 0 fully saturated rings. The van der Waals surface area contributed by atoms with E-state index in [0.29, 0.717) is 0 Å². The summed E-state index contributed by atoms with van der Waals surface area (Å²) in [5.74, 6) is 0. The lowest BCUT2D eigenvalue weighted by atomic mass is 9.97. The van der Waals surface area contributed by atoms with E-state index in [1.54, 1.807) is 0 Å². The Morgan fingerprint density at radius 2 is 0.966 bits per heavy atom. The number of anilines is 3. The Balaban J connectivity index is 1.07. The van der Waals surface area contributed by atoms with E-state index in [-0.39, 0.29) is 0 Å². The van der Waals surface area contributed by atoms with Crippen LogP contribution in [0.25, 0.3) is 97.0 Å². The van der Waals surface area contributed by atoms with Crippen molar-refractivity contribution in [1.82, 2.24) is 0 Å². The minimum atomic E-state index is 0.883. The van der Waals surface area contributed by atoms with Gasteiger partial charge in [0.15, 0.2) is 0 Å². The molecule has 0 N–H and O–H groups in total. The number of thiophene rings is 1. The molecule has 2 nitrogen and oxygen atoms in total. The van der Waals surface area contributed by atoms with Crippen LogP contribution in [0, 0.1) is 0 Å². The van der Waals surface area contributed by atoms with Gasteiger partial charge in [-0.3, -0.25) is 0 Å². The quantitative estimate of drug-likeness (QED) is 0.157. The molecule has 0 amide bonds. The first-order valence-electron chi connectivity index (χ1n) is 20.1. The number of furan rings is 1. The summed E-state index contributed by atoms with van der Waals surface area (Å²) in [6.07, 6.45) is 0. The molecule has 3 heteroatoms. The van der Waals surface area contributed by atoms with Crippen LogP contribution in [0.5, 0.6) is 0 Å². The SMILES string of the molecule is c1ccc(-c2ccc3c(c2)sc2c(-c4ccccc4)ccc(N(c4ccc(-c5ccc6c(ccc7ccccc76)c5)cc4)c4ccc5oc6ccccc6c5c4)c23)cc1. The van der Waals surface area contributed by atoms with Crippen molar-refractivity contribution in [1.29, 1.82) is 0 Å². The lowest BCUT2D eigenvalue weighted by Gasteiger charge is -2.27. The molecule has 59 heavy (non-hydrogen) atoms. The summed E-state index contributed by atoms with van der Waals surface area (Å²) in [5, 5.41) is 9.77. The molecule has 0 unspecified atom stereocenters. The molecule has 0 saturated carbocycles. The summed E-state index contributed by atoms with van der Waals surface area (Å²) < 4.78 is 8.87. The highest BCUT2D eigenvalue weighted by molar-refractivity contribution is 7.26. The third kappa shape index (κ3) is 5.62. The molecule has 0 bridgehead atoms. The molecule has 0 spiro atoms. The van der Waals surface area contributed by atoms with Crippen LogP contribution in [-0.4, -0.2) is 0 Å². The van der Waals surface area contributed by atoms with Gasteiger partial charge in [-0.05, 0) is 110 Å². The Hall–Kier alpha value is -7.46. The largest absolute Gasteiger partial charge is 0.456 e. The van der Waals surface area contributed by atoms with Crippen molar-refractivity contribution in [3.8, 4) is 33.4 Å². The van der Waals surface area contributed by atoms with Crippen LogP contribution in [0.15, 0.2) is 217 Å². The number of nitrogens with zero attached hydrogens (tertiary/aromatic N) is 1. The first kappa shape index (κ1) is 33.7. The van der Waals surface area contributed by atoms with Crippen LogP contribution in [0.4, 0.5) is 17.1 Å². The molecular weight excluding hydrogens is 735 g/mol. The van der Waals surface area contributed by atoms with Crippen LogP contribution >= 0.6 is 11.3 Å². The average molecular weight is 770 g/mol. The van der Waals surface area contributed by atoms with Gasteiger partial charge in [0.1, 0.15) is 11.2 Å². The van der Waals surface area contributed by atoms with Gasteiger partial charge < -0.3 is 9.32 Å². The van der Waals surface area contributed by atoms with E-state index in [1.165, 1.54) is 75.1 Å². The van der Waals surface area contributed by atoms with Crippen molar-refractivity contribution in [3.63, 3.8) is 0 Å². The fourth-order valence-electron chi connectivity index (χ4n) is 8.98. The molecule has 0 saturated heterocycles. The number of fused-ring (bicyclic) bond motifs is 9. The fraction of sp³-hybridized carbons (Fsp3) is 0. The molecule has 10 aromatic carbocycles. The van der Waals surface area contributed by atoms with Crippen LogP contribution in [0.2, 0.25) is 0 Å². The summed E-state index contributed by atoms with van der Waals surface area (Å²) in [6.45, 7) is 0. The summed E-state index contributed by atoms with van der Waals surface area (Å²) in [5.41, 5.74) is 12.3. The first-order valence-corrected chi connectivity index (χ1v) is 20.9. The van der Waals surface area contributed by atoms with Crippen molar-refractivity contribution in [2.24, 2.45) is 0 Å². The van der Waals surface area contributed by atoms with Gasteiger partial charge in [0, 0.05) is 42.3 Å². The Labute approximate surface area is 345 Å². The third-order valence-electron chi connectivity index (χ3n) is 11.9. The Bertz CT molecular complexity index is 3550. The second-order valence-electron chi connectivity index (χ2n) is 15.3. The first-order chi connectivity index (χ1) is 29.2. The van der Waals surface area contributed by atoms with Gasteiger partial charge in [0.25, 0.3) is 0 Å². The molecule has 0 aliphatic rings. The molecule has 2 aromatic heterocycles. The van der Waals surface area contributed by atoms with E-state index in [1.807, 2.05) is 23.5 Å². The number of benzene rings is 10. The number of hydrogen-bond donors (Lipinski definition) is 0. The van der Waals surface area contributed by atoms with E-state index in [9.17, 15) is 0 Å². The number of para-hydroxylation sites is 1. The van der Waals surface area contributed by atoms with E-state index < -0.39 is 0 Å². The molecule has 2 heterocycles. The number of hydrogen-bond acceptors (Lipinski definition) is 3. The molecule has 0 aliphatic carbocycles. The third-order valence-corrected chi connectivity index (χ3v) is 13.0. The highest BCUT2D eigenvalue weighted by Crippen LogP contribution is 2.49. The number of rotatable bonds is 6. The summed E-state index contributed by atoms with van der Waals surface area (Å²) >= 11 is 1.88. The second-order valence-corrected chi connectivity index (χ2v) is 16.3. The Kier molecular flexibility index (Phi) is 7.75. The van der Waals surface area contributed by atoms with Crippen molar-refractivity contribution in [3.05, 3.63) is 212 Å². The predicted molar refractivity (Wildman–Crippen MR) is 253 cm³/mol. The highest BCUT2D eigenvalue weighted by atomic mass is 32.1. The molecule has 12 aromatic rings. The van der Waals surface area contributed by atoms with Crippen LogP contribution < -0.4 is 4.90 Å².